The lowest BCUT2D eigenvalue weighted by molar-refractivity contribution is 0.617. The molecule has 0 heterocycles. The van der Waals surface area contributed by atoms with E-state index in [-0.39, 0.29) is 16.1 Å². The second kappa shape index (κ2) is 13.7. The molecule has 0 saturated carbocycles. The highest BCUT2D eigenvalue weighted by Crippen LogP contribution is 2.58. The van der Waals surface area contributed by atoms with Crippen molar-refractivity contribution in [3.8, 4) is 11.1 Å². The first kappa shape index (κ1) is 34.4. The van der Waals surface area contributed by atoms with Crippen molar-refractivity contribution >= 4 is 16.7 Å². The molecule has 0 amide bonds. The van der Waals surface area contributed by atoms with Gasteiger partial charge < -0.3 is 0 Å². The number of fused-ring (bicyclic) bond motifs is 1. The standard InChI is InChI=1S/C26H36FNS.C14H16/c1-9-20(5)29(27,28)24-16-15-23(22-13-11-10-12-14-22)25(21(24)6)26(7,8)19(4)17-18(2)3;1-11-7-6-9-12-8-4-5-10-13(12)14(11,2)3/h10-17,20H,2,9,28H2,1,3-8H3;4-10H,1-3H3/b19-17+;. The van der Waals surface area contributed by atoms with Gasteiger partial charge in [-0.3, -0.25) is 5.14 Å². The molecule has 1 aliphatic carbocycles. The van der Waals surface area contributed by atoms with Crippen molar-refractivity contribution in [1.29, 1.82) is 0 Å². The molecule has 3 aromatic carbocycles. The van der Waals surface area contributed by atoms with Crippen LogP contribution in [-0.2, 0) is 10.8 Å². The smallest absolute Gasteiger partial charge is 0.0343 e. The van der Waals surface area contributed by atoms with Gasteiger partial charge in [0.05, 0.1) is 0 Å². The summed E-state index contributed by atoms with van der Waals surface area (Å²) in [7, 11) is -2.89. The first-order chi connectivity index (χ1) is 20.1. The van der Waals surface area contributed by atoms with Crippen molar-refractivity contribution in [2.24, 2.45) is 5.14 Å². The van der Waals surface area contributed by atoms with Crippen molar-refractivity contribution < 1.29 is 3.89 Å². The Hall–Kier alpha value is -3.14. The molecule has 2 N–H and O–H groups in total. The Morgan fingerprint density at radius 1 is 1.00 bits per heavy atom. The molecular formula is C40H52FNS. The van der Waals surface area contributed by atoms with Gasteiger partial charge >= 0.3 is 0 Å². The number of nitrogens with two attached hydrogens (primary N) is 1. The van der Waals surface area contributed by atoms with Crippen molar-refractivity contribution in [1.82, 2.24) is 0 Å². The van der Waals surface area contributed by atoms with Crippen LogP contribution >= 0.6 is 10.6 Å². The molecule has 0 fully saturated rings. The molecule has 0 bridgehead atoms. The first-order valence-corrected chi connectivity index (χ1v) is 17.0. The van der Waals surface area contributed by atoms with E-state index in [2.05, 4.69) is 115 Å². The Bertz CT molecular complexity index is 1540. The zero-order chi connectivity index (χ0) is 32.2. The summed E-state index contributed by atoms with van der Waals surface area (Å²) >= 11 is 0. The van der Waals surface area contributed by atoms with Gasteiger partial charge in [-0.15, -0.1) is 0 Å². The molecule has 230 valence electrons. The van der Waals surface area contributed by atoms with Crippen LogP contribution in [0.1, 0.15) is 91.0 Å². The predicted octanol–water partition coefficient (Wildman–Crippen LogP) is 12.1. The third-order valence-electron chi connectivity index (χ3n) is 9.31. The van der Waals surface area contributed by atoms with E-state index < -0.39 is 10.6 Å². The highest BCUT2D eigenvalue weighted by atomic mass is 32.3. The molecular weight excluding hydrogens is 546 g/mol. The van der Waals surface area contributed by atoms with Crippen LogP contribution in [0.15, 0.2) is 113 Å². The van der Waals surface area contributed by atoms with Gasteiger partial charge in [-0.25, -0.2) is 0 Å². The molecule has 3 aromatic rings. The molecule has 0 aliphatic heterocycles. The van der Waals surface area contributed by atoms with Gasteiger partial charge in [0.15, 0.2) is 0 Å². The van der Waals surface area contributed by atoms with E-state index in [1.54, 1.807) is 0 Å². The van der Waals surface area contributed by atoms with Crippen LogP contribution in [0.4, 0.5) is 3.89 Å². The van der Waals surface area contributed by atoms with Crippen LogP contribution in [0.25, 0.3) is 17.2 Å². The monoisotopic (exact) mass is 597 g/mol. The first-order valence-electron chi connectivity index (χ1n) is 15.3. The predicted molar refractivity (Wildman–Crippen MR) is 191 cm³/mol. The molecule has 0 radical (unpaired) electrons. The minimum atomic E-state index is -2.89. The Labute approximate surface area is 263 Å². The fourth-order valence-corrected chi connectivity index (χ4v) is 7.60. The van der Waals surface area contributed by atoms with Crippen molar-refractivity contribution in [2.75, 3.05) is 0 Å². The molecule has 3 heteroatoms. The third kappa shape index (κ3) is 7.33. The quantitative estimate of drug-likeness (QED) is 0.269. The highest BCUT2D eigenvalue weighted by Gasteiger charge is 2.35. The minimum Gasteiger partial charge on any atom is -0.267 e. The van der Waals surface area contributed by atoms with Gasteiger partial charge in [0.25, 0.3) is 0 Å². The van der Waals surface area contributed by atoms with Gasteiger partial charge in [0.2, 0.25) is 0 Å². The summed E-state index contributed by atoms with van der Waals surface area (Å²) in [6.07, 6.45) is 9.37. The molecule has 0 spiro atoms. The Morgan fingerprint density at radius 2 is 1.60 bits per heavy atom. The van der Waals surface area contributed by atoms with Crippen LogP contribution in [0.2, 0.25) is 0 Å². The summed E-state index contributed by atoms with van der Waals surface area (Å²) in [5, 5.41) is 6.15. The second-order valence-corrected chi connectivity index (χ2v) is 15.5. The maximum Gasteiger partial charge on any atom is 0.0343 e. The molecule has 2 unspecified atom stereocenters. The Balaban J connectivity index is 0.000000299. The second-order valence-electron chi connectivity index (χ2n) is 13.0. The van der Waals surface area contributed by atoms with Crippen LogP contribution in [-0.4, -0.2) is 5.25 Å². The summed E-state index contributed by atoms with van der Waals surface area (Å²) in [6, 6.07) is 22.9. The van der Waals surface area contributed by atoms with E-state index in [0.29, 0.717) is 4.90 Å². The zero-order valence-electron chi connectivity index (χ0n) is 28.0. The minimum absolute atomic E-state index is 0.153. The fourth-order valence-electron chi connectivity index (χ4n) is 5.83. The maximum absolute atomic E-state index is 15.8. The van der Waals surface area contributed by atoms with Crippen molar-refractivity contribution in [3.63, 3.8) is 0 Å². The Morgan fingerprint density at radius 3 is 2.21 bits per heavy atom. The van der Waals surface area contributed by atoms with Gasteiger partial charge in [0.1, 0.15) is 0 Å². The molecule has 4 rings (SSSR count). The lowest BCUT2D eigenvalue weighted by atomic mass is 9.72. The van der Waals surface area contributed by atoms with Crippen LogP contribution < -0.4 is 5.14 Å². The van der Waals surface area contributed by atoms with Crippen LogP contribution in [0, 0.1) is 6.92 Å². The van der Waals surface area contributed by atoms with Gasteiger partial charge in [-0.1, -0.05) is 150 Å². The number of benzene rings is 3. The summed E-state index contributed by atoms with van der Waals surface area (Å²) < 4.78 is 15.8. The maximum atomic E-state index is 15.8. The lowest BCUT2D eigenvalue weighted by Gasteiger charge is -2.38. The number of allylic oxidation sites excluding steroid dienone is 6. The van der Waals surface area contributed by atoms with Crippen molar-refractivity contribution in [3.05, 3.63) is 131 Å². The summed E-state index contributed by atoms with van der Waals surface area (Å²) in [5.41, 5.74) is 10.6. The number of rotatable bonds is 7. The van der Waals surface area contributed by atoms with E-state index in [4.69, 9.17) is 5.14 Å². The molecule has 0 aromatic heterocycles. The third-order valence-corrected chi connectivity index (χ3v) is 11.9. The average Bonchev–Trinajstić information content (AvgIpc) is 3.07. The SMILES string of the molecule is C=C(C)/C=C(\C)C(C)(C)c1c(-c2ccccc2)ccc(S(N)(F)C(C)CC)c1C.CC1=CC=Cc2ccccc2C1(C)C. The van der Waals surface area contributed by atoms with Crippen LogP contribution in [0.3, 0.4) is 0 Å². The molecule has 1 nitrogen and oxygen atoms in total. The largest absolute Gasteiger partial charge is 0.267 e. The molecule has 2 atom stereocenters. The Kier molecular flexibility index (Phi) is 10.9. The lowest BCUT2D eigenvalue weighted by Crippen LogP contribution is -2.25. The summed E-state index contributed by atoms with van der Waals surface area (Å²) in [6.45, 7) is 25.3. The summed E-state index contributed by atoms with van der Waals surface area (Å²) in [5.74, 6) is 0. The topological polar surface area (TPSA) is 26.0 Å². The number of hydrogen-bond donors (Lipinski definition) is 1. The fraction of sp³-hybridized carbons (Fsp3) is 0.350. The summed E-state index contributed by atoms with van der Waals surface area (Å²) in [4.78, 5) is 0.665. The van der Waals surface area contributed by atoms with E-state index in [1.165, 1.54) is 22.3 Å². The van der Waals surface area contributed by atoms with Gasteiger partial charge in [-0.05, 0) is 84.2 Å². The highest BCUT2D eigenvalue weighted by molar-refractivity contribution is 8.28. The molecule has 43 heavy (non-hydrogen) atoms. The van der Waals surface area contributed by atoms with Gasteiger partial charge in [0, 0.05) is 21.0 Å². The molecule has 1 aliphatic rings. The average molecular weight is 598 g/mol. The van der Waals surface area contributed by atoms with Crippen molar-refractivity contribution in [2.45, 2.75) is 96.6 Å². The van der Waals surface area contributed by atoms with E-state index in [0.717, 1.165) is 34.2 Å². The molecule has 0 saturated heterocycles. The normalized spacial score (nSPS) is 17.3. The van der Waals surface area contributed by atoms with E-state index in [1.807, 2.05) is 52.0 Å². The zero-order valence-corrected chi connectivity index (χ0v) is 28.8. The van der Waals surface area contributed by atoms with Crippen LogP contribution in [0.5, 0.6) is 0 Å². The van der Waals surface area contributed by atoms with Gasteiger partial charge in [-0.2, -0.15) is 3.89 Å². The van der Waals surface area contributed by atoms with E-state index >= 15 is 3.89 Å². The number of halogens is 1. The number of hydrogen-bond acceptors (Lipinski definition) is 1. The van der Waals surface area contributed by atoms with E-state index in [9.17, 15) is 0 Å².